The highest BCUT2D eigenvalue weighted by atomic mass is 15.1. The minimum Gasteiger partial charge on any atom is -0.310 e. The van der Waals surface area contributed by atoms with Gasteiger partial charge in [-0.2, -0.15) is 0 Å². The minimum atomic E-state index is -0.626. The van der Waals surface area contributed by atoms with E-state index in [0.717, 1.165) is 17.1 Å². The van der Waals surface area contributed by atoms with Crippen molar-refractivity contribution in [3.8, 4) is 33.4 Å². The third kappa shape index (κ3) is 7.04. The molecule has 0 saturated heterocycles. The van der Waals surface area contributed by atoms with E-state index in [4.69, 9.17) is 0 Å². The van der Waals surface area contributed by atoms with Gasteiger partial charge in [0.1, 0.15) is 0 Å². The first-order valence-corrected chi connectivity index (χ1v) is 23.3. The molecule has 1 unspecified atom stereocenters. The fourth-order valence-electron chi connectivity index (χ4n) is 10.8. The number of nitrogens with zero attached hydrogens (tertiary/aromatic N) is 1. The van der Waals surface area contributed by atoms with Crippen LogP contribution in [-0.4, -0.2) is 0 Å². The van der Waals surface area contributed by atoms with Crippen LogP contribution in [0, 0.1) is 0 Å². The van der Waals surface area contributed by atoms with Gasteiger partial charge in [-0.1, -0.05) is 243 Å². The van der Waals surface area contributed by atoms with Gasteiger partial charge in [0.25, 0.3) is 0 Å². The summed E-state index contributed by atoms with van der Waals surface area (Å²) < 4.78 is 0. The van der Waals surface area contributed by atoms with Crippen LogP contribution in [0.3, 0.4) is 0 Å². The molecule has 11 aromatic carbocycles. The van der Waals surface area contributed by atoms with E-state index < -0.39 is 5.41 Å². The summed E-state index contributed by atoms with van der Waals surface area (Å²) in [5.41, 5.74) is 18.8. The van der Waals surface area contributed by atoms with E-state index in [1.165, 1.54) is 83.1 Å². The van der Waals surface area contributed by atoms with Gasteiger partial charge in [-0.3, -0.25) is 0 Å². The lowest BCUT2D eigenvalue weighted by atomic mass is 9.67. The fraction of sp³-hybridized carbons (Fsp3) is 0.0303. The molecule has 0 fully saturated rings. The average molecular weight is 854 g/mol. The normalized spacial score (nSPS) is 12.8. The van der Waals surface area contributed by atoms with Gasteiger partial charge in [0, 0.05) is 23.0 Å². The molecule has 11 aromatic rings. The third-order valence-corrected chi connectivity index (χ3v) is 13.9. The van der Waals surface area contributed by atoms with Crippen LogP contribution in [0.15, 0.2) is 279 Å². The summed E-state index contributed by atoms with van der Waals surface area (Å²) in [6.45, 7) is 0. The van der Waals surface area contributed by atoms with Gasteiger partial charge in [-0.15, -0.1) is 0 Å². The van der Waals surface area contributed by atoms with Crippen molar-refractivity contribution in [2.75, 3.05) is 4.90 Å². The molecule has 0 spiro atoms. The summed E-state index contributed by atoms with van der Waals surface area (Å²) in [7, 11) is 0. The smallest absolute Gasteiger partial charge is 0.0714 e. The lowest BCUT2D eigenvalue weighted by molar-refractivity contribution is 0.765. The Morgan fingerprint density at radius 1 is 0.299 bits per heavy atom. The van der Waals surface area contributed by atoms with Crippen molar-refractivity contribution < 1.29 is 0 Å². The molecule has 1 aliphatic carbocycles. The third-order valence-electron chi connectivity index (χ3n) is 13.9. The summed E-state index contributed by atoms with van der Waals surface area (Å²) >= 11 is 0. The van der Waals surface area contributed by atoms with Gasteiger partial charge >= 0.3 is 0 Å². The van der Waals surface area contributed by atoms with E-state index in [9.17, 15) is 0 Å². The fourth-order valence-corrected chi connectivity index (χ4v) is 10.8. The molecule has 0 amide bonds. The first-order chi connectivity index (χ1) is 33.2. The zero-order valence-electron chi connectivity index (χ0n) is 37.1. The van der Waals surface area contributed by atoms with Crippen LogP contribution in [0.5, 0.6) is 0 Å². The predicted octanol–water partition coefficient (Wildman–Crippen LogP) is 17.2. The van der Waals surface area contributed by atoms with Gasteiger partial charge in [0.15, 0.2) is 0 Å². The van der Waals surface area contributed by atoms with Crippen molar-refractivity contribution in [3.05, 3.63) is 318 Å². The molecular weight excluding hydrogens is 807 g/mol. The Morgan fingerprint density at radius 2 is 0.731 bits per heavy atom. The number of benzene rings is 11. The molecule has 0 N–H and O–H groups in total. The van der Waals surface area contributed by atoms with Crippen molar-refractivity contribution in [2.45, 2.75) is 11.3 Å². The zero-order valence-corrected chi connectivity index (χ0v) is 37.1. The van der Waals surface area contributed by atoms with Gasteiger partial charge in [-0.25, -0.2) is 0 Å². The van der Waals surface area contributed by atoms with Crippen LogP contribution in [0.25, 0.3) is 44.2 Å². The molecule has 12 rings (SSSR count). The maximum absolute atomic E-state index is 2.54. The van der Waals surface area contributed by atoms with Gasteiger partial charge < -0.3 is 4.90 Å². The number of rotatable bonds is 10. The Bertz CT molecular complexity index is 3350. The van der Waals surface area contributed by atoms with Crippen LogP contribution >= 0.6 is 0 Å². The number of hydrogen-bond acceptors (Lipinski definition) is 1. The molecule has 316 valence electrons. The molecular formula is C66H47N. The molecule has 67 heavy (non-hydrogen) atoms. The molecule has 1 atom stereocenters. The van der Waals surface area contributed by atoms with E-state index in [-0.39, 0.29) is 5.92 Å². The highest BCUT2D eigenvalue weighted by Gasteiger charge is 2.47. The van der Waals surface area contributed by atoms with Crippen LogP contribution in [0.4, 0.5) is 17.1 Å². The quantitative estimate of drug-likeness (QED) is 0.124. The van der Waals surface area contributed by atoms with E-state index in [2.05, 4.69) is 284 Å². The average Bonchev–Trinajstić information content (AvgIpc) is 3.70. The SMILES string of the molecule is c1ccc(-c2ccc(N(c3ccc(-c4ccccc4)cc3)c3ccc4c(c3)C(c3ccccc3)(c3ccccc3)c3cc(C(c5ccccc5)c5cccc6ccccc56)ccc3-4)cc2)cc1. The molecule has 0 aliphatic heterocycles. The second-order valence-corrected chi connectivity index (χ2v) is 17.6. The van der Waals surface area contributed by atoms with Crippen LogP contribution < -0.4 is 4.90 Å². The Balaban J connectivity index is 1.08. The number of anilines is 3. The summed E-state index contributed by atoms with van der Waals surface area (Å²) in [5.74, 6) is 0.00864. The molecule has 0 aromatic heterocycles. The summed E-state index contributed by atoms with van der Waals surface area (Å²) in [6.07, 6.45) is 0. The van der Waals surface area contributed by atoms with Gasteiger partial charge in [0.05, 0.1) is 5.41 Å². The van der Waals surface area contributed by atoms with Gasteiger partial charge in [0.2, 0.25) is 0 Å². The molecule has 1 nitrogen and oxygen atoms in total. The number of hydrogen-bond donors (Lipinski definition) is 0. The molecule has 0 radical (unpaired) electrons. The highest BCUT2D eigenvalue weighted by Crippen LogP contribution is 2.58. The maximum atomic E-state index is 2.54. The standard InChI is InChI=1S/C66H47N/c1-6-19-47(20-7-1)49-33-38-56(39-34-49)67(57-40-35-50(36-41-57)48-21-8-2-9-22-48)58-42-44-61-60-43-37-53(65(52-24-10-3-11-25-52)62-32-18-26-51-23-16-17-31-59(51)62)45-63(60)66(64(61)46-58,54-27-12-4-13-28-54)55-29-14-5-15-30-55/h1-46,65H. The van der Waals surface area contributed by atoms with E-state index in [0.29, 0.717) is 0 Å². The van der Waals surface area contributed by atoms with Gasteiger partial charge in [-0.05, 0) is 119 Å². The van der Waals surface area contributed by atoms with Crippen LogP contribution in [-0.2, 0) is 5.41 Å². The van der Waals surface area contributed by atoms with Crippen molar-refractivity contribution >= 4 is 27.8 Å². The Morgan fingerprint density at radius 3 is 1.30 bits per heavy atom. The second-order valence-electron chi connectivity index (χ2n) is 17.6. The molecule has 0 bridgehead atoms. The Hall–Kier alpha value is -8.52. The summed E-state index contributed by atoms with van der Waals surface area (Å²) in [4.78, 5) is 2.42. The van der Waals surface area contributed by atoms with Crippen molar-refractivity contribution in [1.29, 1.82) is 0 Å². The van der Waals surface area contributed by atoms with Crippen molar-refractivity contribution in [1.82, 2.24) is 0 Å². The highest BCUT2D eigenvalue weighted by molar-refractivity contribution is 5.91. The monoisotopic (exact) mass is 853 g/mol. The van der Waals surface area contributed by atoms with E-state index in [1.54, 1.807) is 0 Å². The Kier molecular flexibility index (Phi) is 10.2. The lowest BCUT2D eigenvalue weighted by Gasteiger charge is -2.35. The zero-order chi connectivity index (χ0) is 44.6. The maximum Gasteiger partial charge on any atom is 0.0714 e. The number of fused-ring (bicyclic) bond motifs is 4. The molecule has 0 saturated carbocycles. The molecule has 0 heterocycles. The predicted molar refractivity (Wildman–Crippen MR) is 281 cm³/mol. The van der Waals surface area contributed by atoms with E-state index in [1.807, 2.05) is 0 Å². The van der Waals surface area contributed by atoms with Crippen LogP contribution in [0.2, 0.25) is 0 Å². The minimum absolute atomic E-state index is 0.00864. The summed E-state index contributed by atoms with van der Waals surface area (Å²) in [5, 5.41) is 2.53. The topological polar surface area (TPSA) is 3.24 Å². The van der Waals surface area contributed by atoms with E-state index >= 15 is 0 Å². The first-order valence-electron chi connectivity index (χ1n) is 23.3. The van der Waals surface area contributed by atoms with Crippen molar-refractivity contribution in [3.63, 3.8) is 0 Å². The Labute approximate surface area is 393 Å². The largest absolute Gasteiger partial charge is 0.310 e. The first kappa shape index (κ1) is 40.0. The molecule has 1 heteroatoms. The lowest BCUT2D eigenvalue weighted by Crippen LogP contribution is -2.29. The summed E-state index contributed by atoms with van der Waals surface area (Å²) in [6, 6.07) is 103. The second kappa shape index (κ2) is 17.1. The van der Waals surface area contributed by atoms with Crippen LogP contribution in [0.1, 0.15) is 44.9 Å². The molecule has 1 aliphatic rings. The van der Waals surface area contributed by atoms with Crippen molar-refractivity contribution in [2.24, 2.45) is 0 Å².